The third-order valence-electron chi connectivity index (χ3n) is 3.82. The number of aliphatic hydroxyl groups excluding tert-OH is 2. The van der Waals surface area contributed by atoms with Crippen LogP contribution in [0.15, 0.2) is 30.5 Å². The molecule has 3 aromatic heterocycles. The van der Waals surface area contributed by atoms with Crippen LogP contribution in [0.3, 0.4) is 0 Å². The Morgan fingerprint density at radius 1 is 1.12 bits per heavy atom. The summed E-state index contributed by atoms with van der Waals surface area (Å²) in [4.78, 5) is 9.66. The molecule has 0 atom stereocenters. The van der Waals surface area contributed by atoms with Gasteiger partial charge in [-0.05, 0) is 24.3 Å². The van der Waals surface area contributed by atoms with Crippen LogP contribution in [-0.2, 0) is 6.18 Å². The number of fused-ring (bicyclic) bond motifs is 1. The average molecular weight is 371 g/mol. The van der Waals surface area contributed by atoms with E-state index in [0.29, 0.717) is 5.39 Å². The van der Waals surface area contributed by atoms with Crippen molar-refractivity contribution in [2.24, 2.45) is 0 Å². The molecule has 0 spiro atoms. The fourth-order valence-corrected chi connectivity index (χ4v) is 2.66. The molecule has 0 aliphatic carbocycles. The van der Waals surface area contributed by atoms with E-state index in [1.807, 2.05) is 0 Å². The van der Waals surface area contributed by atoms with E-state index in [0.717, 1.165) is 6.07 Å². The SMILES string of the molecule is OCCN(CCO)c1ccc(C(F)(F)F)c(-c2[nH]nc3ncccc23)n1.[HH].[HH]. The lowest BCUT2D eigenvalue weighted by atomic mass is 10.1. The number of halogens is 3. The highest BCUT2D eigenvalue weighted by Gasteiger charge is 2.36. The summed E-state index contributed by atoms with van der Waals surface area (Å²) < 4.78 is 40.5. The number of hydrogen-bond acceptors (Lipinski definition) is 6. The van der Waals surface area contributed by atoms with E-state index in [1.165, 1.54) is 17.2 Å². The number of hydrogen-bond donors (Lipinski definition) is 3. The smallest absolute Gasteiger partial charge is 0.395 e. The van der Waals surface area contributed by atoms with Crippen molar-refractivity contribution in [3.8, 4) is 11.4 Å². The average Bonchev–Trinajstić information content (AvgIpc) is 3.04. The molecule has 3 aromatic rings. The van der Waals surface area contributed by atoms with Gasteiger partial charge in [0.05, 0.1) is 24.5 Å². The number of nitrogens with one attached hydrogen (secondary N) is 1. The second-order valence-corrected chi connectivity index (χ2v) is 5.47. The van der Waals surface area contributed by atoms with E-state index in [1.54, 1.807) is 12.1 Å². The topological polar surface area (TPSA) is 98.2 Å². The van der Waals surface area contributed by atoms with Crippen molar-refractivity contribution in [1.82, 2.24) is 20.2 Å². The van der Waals surface area contributed by atoms with E-state index in [2.05, 4.69) is 20.2 Å². The third kappa shape index (κ3) is 3.46. The van der Waals surface area contributed by atoms with E-state index in [4.69, 9.17) is 10.2 Å². The van der Waals surface area contributed by atoms with Crippen LogP contribution in [0.4, 0.5) is 19.0 Å². The van der Waals surface area contributed by atoms with Gasteiger partial charge in [-0.25, -0.2) is 9.97 Å². The molecule has 0 fully saturated rings. The van der Waals surface area contributed by atoms with Crippen molar-refractivity contribution in [3.63, 3.8) is 0 Å². The number of anilines is 1. The maximum atomic E-state index is 13.5. The van der Waals surface area contributed by atoms with Gasteiger partial charge in [0, 0.05) is 27.5 Å². The molecular weight excluding hydrogens is 351 g/mol. The number of aromatic amines is 1. The number of H-pyrrole nitrogens is 1. The summed E-state index contributed by atoms with van der Waals surface area (Å²) in [5, 5.41) is 25.2. The van der Waals surface area contributed by atoms with Crippen LogP contribution in [0.25, 0.3) is 22.4 Å². The third-order valence-corrected chi connectivity index (χ3v) is 3.82. The monoisotopic (exact) mass is 371 g/mol. The summed E-state index contributed by atoms with van der Waals surface area (Å²) >= 11 is 0. The van der Waals surface area contributed by atoms with Crippen LogP contribution in [-0.4, -0.2) is 56.7 Å². The lowest BCUT2D eigenvalue weighted by molar-refractivity contribution is -0.137. The number of pyridine rings is 2. The molecule has 10 heteroatoms. The van der Waals surface area contributed by atoms with Gasteiger partial charge in [0.2, 0.25) is 0 Å². The van der Waals surface area contributed by atoms with Crippen molar-refractivity contribution < 1.29 is 26.2 Å². The number of nitrogens with zero attached hydrogens (tertiary/aromatic N) is 4. The maximum absolute atomic E-state index is 13.5. The molecule has 7 nitrogen and oxygen atoms in total. The highest BCUT2D eigenvalue weighted by Crippen LogP contribution is 2.38. The Kier molecular flexibility index (Phi) is 5.05. The number of aliphatic hydroxyl groups is 2. The Bertz CT molecular complexity index is 901. The number of alkyl halides is 3. The van der Waals surface area contributed by atoms with Crippen molar-refractivity contribution in [2.45, 2.75) is 6.18 Å². The molecule has 0 unspecified atom stereocenters. The van der Waals surface area contributed by atoms with Gasteiger partial charge < -0.3 is 15.1 Å². The molecule has 0 bridgehead atoms. The second-order valence-electron chi connectivity index (χ2n) is 5.47. The van der Waals surface area contributed by atoms with Gasteiger partial charge in [-0.2, -0.15) is 18.3 Å². The minimum Gasteiger partial charge on any atom is -0.395 e. The Morgan fingerprint density at radius 3 is 2.50 bits per heavy atom. The van der Waals surface area contributed by atoms with Crippen LogP contribution in [0.5, 0.6) is 0 Å². The summed E-state index contributed by atoms with van der Waals surface area (Å²) in [7, 11) is 0. The molecule has 26 heavy (non-hydrogen) atoms. The minimum atomic E-state index is -4.61. The van der Waals surface area contributed by atoms with E-state index >= 15 is 0 Å². The fourth-order valence-electron chi connectivity index (χ4n) is 2.66. The first kappa shape index (κ1) is 18.1. The van der Waals surface area contributed by atoms with E-state index in [-0.39, 0.29) is 52.0 Å². The molecule has 0 saturated heterocycles. The van der Waals surface area contributed by atoms with E-state index in [9.17, 15) is 13.2 Å². The first-order valence-electron chi connectivity index (χ1n) is 7.80. The molecule has 3 rings (SSSR count). The van der Waals surface area contributed by atoms with Gasteiger partial charge in [0.15, 0.2) is 5.65 Å². The minimum absolute atomic E-state index is 0. The standard InChI is InChI=1S/C16H16F3N5O2.2H2/c17-16(18,19)11-3-4-12(24(6-8-25)7-9-26)21-14(11)13-10-2-1-5-20-15(10)23-22-13;;/h1-5,25-26H,6-9H2,(H,20,22,23);2*1H. The molecule has 0 aliphatic heterocycles. The largest absolute Gasteiger partial charge is 0.418 e. The second kappa shape index (κ2) is 7.26. The Balaban J connectivity index is 0.00000196. The first-order chi connectivity index (χ1) is 12.5. The molecule has 0 saturated carbocycles. The molecule has 0 radical (unpaired) electrons. The molecule has 0 amide bonds. The molecule has 3 heterocycles. The molecule has 142 valence electrons. The number of aromatic nitrogens is 4. The summed E-state index contributed by atoms with van der Waals surface area (Å²) in [5.74, 6) is 0.211. The molecular formula is C16H20F3N5O2. The highest BCUT2D eigenvalue weighted by molar-refractivity contribution is 5.90. The van der Waals surface area contributed by atoms with Crippen LogP contribution in [0.2, 0.25) is 0 Å². The van der Waals surface area contributed by atoms with E-state index < -0.39 is 11.7 Å². The molecule has 3 N–H and O–H groups in total. The zero-order valence-electron chi connectivity index (χ0n) is 13.5. The zero-order chi connectivity index (χ0) is 18.7. The Morgan fingerprint density at radius 2 is 1.85 bits per heavy atom. The fraction of sp³-hybridized carbons (Fsp3) is 0.312. The quantitative estimate of drug-likeness (QED) is 0.615. The summed E-state index contributed by atoms with van der Waals surface area (Å²) in [6, 6.07) is 5.36. The first-order valence-corrected chi connectivity index (χ1v) is 7.80. The van der Waals surface area contributed by atoms with Gasteiger partial charge in [-0.1, -0.05) is 0 Å². The predicted molar refractivity (Wildman–Crippen MR) is 92.7 cm³/mol. The maximum Gasteiger partial charge on any atom is 0.418 e. The summed E-state index contributed by atoms with van der Waals surface area (Å²) in [5.41, 5.74) is -0.837. The van der Waals surface area contributed by atoms with Gasteiger partial charge in [0.25, 0.3) is 0 Å². The van der Waals surface area contributed by atoms with Crippen LogP contribution in [0.1, 0.15) is 8.42 Å². The molecule has 0 aromatic carbocycles. The lowest BCUT2D eigenvalue weighted by Gasteiger charge is -2.23. The number of rotatable bonds is 6. The van der Waals surface area contributed by atoms with Crippen molar-refractivity contribution in [1.29, 1.82) is 0 Å². The van der Waals surface area contributed by atoms with Crippen LogP contribution < -0.4 is 4.90 Å². The van der Waals surface area contributed by atoms with Crippen molar-refractivity contribution >= 4 is 16.9 Å². The summed E-state index contributed by atoms with van der Waals surface area (Å²) in [6.07, 6.45) is -3.12. The van der Waals surface area contributed by atoms with Crippen LogP contribution in [0, 0.1) is 0 Å². The van der Waals surface area contributed by atoms with Gasteiger partial charge in [-0.15, -0.1) is 0 Å². The van der Waals surface area contributed by atoms with Gasteiger partial charge in [0.1, 0.15) is 11.5 Å². The normalized spacial score (nSPS) is 11.9. The zero-order valence-corrected chi connectivity index (χ0v) is 13.5. The Hall–Kier alpha value is -2.72. The van der Waals surface area contributed by atoms with Crippen molar-refractivity contribution in [3.05, 3.63) is 36.0 Å². The van der Waals surface area contributed by atoms with Gasteiger partial charge >= 0.3 is 6.18 Å². The Labute approximate surface area is 149 Å². The van der Waals surface area contributed by atoms with Gasteiger partial charge in [-0.3, -0.25) is 5.10 Å². The van der Waals surface area contributed by atoms with Crippen LogP contribution >= 0.6 is 0 Å². The predicted octanol–water partition coefficient (Wildman–Crippen LogP) is 2.32. The highest BCUT2D eigenvalue weighted by atomic mass is 19.4. The lowest BCUT2D eigenvalue weighted by Crippen LogP contribution is -2.30. The van der Waals surface area contributed by atoms with Crippen molar-refractivity contribution in [2.75, 3.05) is 31.2 Å². The summed E-state index contributed by atoms with van der Waals surface area (Å²) in [6.45, 7) is -0.197. The molecule has 0 aliphatic rings.